The van der Waals surface area contributed by atoms with Crippen LogP contribution in [0.1, 0.15) is 30.9 Å². The molecule has 2 rings (SSSR count). The Hall–Kier alpha value is -0.890. The molecule has 0 atom stereocenters. The molecule has 0 amide bonds. The molecule has 0 spiro atoms. The van der Waals surface area contributed by atoms with Crippen LogP contribution in [0.15, 0.2) is 18.2 Å². The molecular formula is C12H15NS. The van der Waals surface area contributed by atoms with Crippen LogP contribution in [0.5, 0.6) is 0 Å². The summed E-state index contributed by atoms with van der Waals surface area (Å²) >= 11 is 5.18. The Balaban J connectivity index is 2.36. The van der Waals surface area contributed by atoms with Crippen molar-refractivity contribution in [2.45, 2.75) is 32.6 Å². The van der Waals surface area contributed by atoms with Gasteiger partial charge in [-0.25, -0.2) is 0 Å². The van der Waals surface area contributed by atoms with E-state index in [1.54, 1.807) is 0 Å². The molecule has 0 saturated heterocycles. The van der Waals surface area contributed by atoms with E-state index in [0.29, 0.717) is 0 Å². The molecule has 1 nitrogen and oxygen atoms in total. The van der Waals surface area contributed by atoms with E-state index in [0.717, 1.165) is 17.8 Å². The summed E-state index contributed by atoms with van der Waals surface area (Å²) in [5.74, 6) is 0. The van der Waals surface area contributed by atoms with E-state index in [2.05, 4.69) is 30.4 Å². The number of thiocarbonyl (C=S) groups is 1. The van der Waals surface area contributed by atoms with Crippen molar-refractivity contribution in [3.63, 3.8) is 0 Å². The molecule has 0 saturated carbocycles. The van der Waals surface area contributed by atoms with Gasteiger partial charge in [-0.2, -0.15) is 0 Å². The number of hydrogen-bond donors (Lipinski definition) is 1. The van der Waals surface area contributed by atoms with Crippen LogP contribution >= 0.6 is 12.2 Å². The number of fused-ring (bicyclic) bond motifs is 1. The molecule has 1 aromatic rings. The molecule has 0 aromatic heterocycles. The van der Waals surface area contributed by atoms with Gasteiger partial charge in [0.15, 0.2) is 0 Å². The zero-order valence-corrected chi connectivity index (χ0v) is 9.29. The summed E-state index contributed by atoms with van der Waals surface area (Å²) in [6, 6.07) is 6.48. The Kier molecular flexibility index (Phi) is 2.82. The lowest BCUT2D eigenvalue weighted by Crippen LogP contribution is -2.18. The Morgan fingerprint density at radius 1 is 1.36 bits per heavy atom. The molecule has 0 radical (unpaired) electrons. The third-order valence-electron chi connectivity index (χ3n) is 2.67. The second-order valence-corrected chi connectivity index (χ2v) is 4.23. The molecule has 1 aromatic carbocycles. The Labute approximate surface area is 90.5 Å². The summed E-state index contributed by atoms with van der Waals surface area (Å²) in [5.41, 5.74) is 4.19. The Morgan fingerprint density at radius 2 is 2.21 bits per heavy atom. The summed E-state index contributed by atoms with van der Waals surface area (Å²) in [5, 5.41) is 3.29. The third kappa shape index (κ3) is 1.80. The van der Waals surface area contributed by atoms with Gasteiger partial charge < -0.3 is 5.32 Å². The van der Waals surface area contributed by atoms with E-state index in [1.807, 2.05) is 0 Å². The summed E-state index contributed by atoms with van der Waals surface area (Å²) in [6.07, 6.45) is 4.50. The number of benzene rings is 1. The predicted octanol–water partition coefficient (Wildman–Crippen LogP) is 3.32. The van der Waals surface area contributed by atoms with Gasteiger partial charge >= 0.3 is 0 Å². The lowest BCUT2D eigenvalue weighted by Gasteiger charge is -2.21. The maximum Gasteiger partial charge on any atom is 0.0800 e. The van der Waals surface area contributed by atoms with Crippen LogP contribution in [0, 0.1) is 0 Å². The van der Waals surface area contributed by atoms with Gasteiger partial charge in [0.2, 0.25) is 0 Å². The minimum Gasteiger partial charge on any atom is -0.350 e. The molecule has 1 aliphatic heterocycles. The molecule has 2 heteroatoms. The number of aryl methyl sites for hydroxylation is 1. The van der Waals surface area contributed by atoms with Crippen molar-refractivity contribution >= 4 is 22.9 Å². The summed E-state index contributed by atoms with van der Waals surface area (Å²) in [6.45, 7) is 2.22. The second kappa shape index (κ2) is 4.09. The minimum atomic E-state index is 0.978. The van der Waals surface area contributed by atoms with Crippen molar-refractivity contribution in [1.29, 1.82) is 0 Å². The van der Waals surface area contributed by atoms with E-state index in [9.17, 15) is 0 Å². The van der Waals surface area contributed by atoms with Gasteiger partial charge in [-0.3, -0.25) is 0 Å². The van der Waals surface area contributed by atoms with Gasteiger partial charge in [0.05, 0.1) is 4.99 Å². The lowest BCUT2D eigenvalue weighted by molar-refractivity contribution is 0.887. The van der Waals surface area contributed by atoms with Gasteiger partial charge in [0, 0.05) is 12.1 Å². The van der Waals surface area contributed by atoms with Crippen LogP contribution in [-0.4, -0.2) is 4.99 Å². The SMILES string of the molecule is CCCc1cccc2c1CCC(=S)N2. The average molecular weight is 205 g/mol. The van der Waals surface area contributed by atoms with Crippen molar-refractivity contribution < 1.29 is 0 Å². The van der Waals surface area contributed by atoms with Crippen molar-refractivity contribution in [2.75, 3.05) is 5.32 Å². The van der Waals surface area contributed by atoms with E-state index < -0.39 is 0 Å². The fourth-order valence-corrected chi connectivity index (χ4v) is 2.21. The maximum atomic E-state index is 5.18. The molecule has 0 bridgehead atoms. The molecule has 14 heavy (non-hydrogen) atoms. The standard InChI is InChI=1S/C12H15NS/c1-2-4-9-5-3-6-11-10(9)7-8-12(14)13-11/h3,5-6H,2,4,7-8H2,1H3,(H,13,14). The first-order valence-corrected chi connectivity index (χ1v) is 5.62. The molecule has 1 N–H and O–H groups in total. The molecule has 0 unspecified atom stereocenters. The highest BCUT2D eigenvalue weighted by molar-refractivity contribution is 7.80. The normalized spacial score (nSPS) is 14.8. The smallest absolute Gasteiger partial charge is 0.0800 e. The number of anilines is 1. The fourth-order valence-electron chi connectivity index (χ4n) is 2.00. The van der Waals surface area contributed by atoms with Gasteiger partial charge in [-0.1, -0.05) is 37.7 Å². The average Bonchev–Trinajstić information content (AvgIpc) is 2.18. The highest BCUT2D eigenvalue weighted by atomic mass is 32.1. The first-order valence-electron chi connectivity index (χ1n) is 5.22. The van der Waals surface area contributed by atoms with Crippen LogP contribution in [0.4, 0.5) is 5.69 Å². The van der Waals surface area contributed by atoms with Crippen LogP contribution in [0.25, 0.3) is 0 Å². The van der Waals surface area contributed by atoms with Crippen LogP contribution in [-0.2, 0) is 12.8 Å². The lowest BCUT2D eigenvalue weighted by atomic mass is 9.95. The van der Waals surface area contributed by atoms with Crippen molar-refractivity contribution in [1.82, 2.24) is 0 Å². The van der Waals surface area contributed by atoms with Crippen molar-refractivity contribution in [3.8, 4) is 0 Å². The number of hydrogen-bond acceptors (Lipinski definition) is 1. The van der Waals surface area contributed by atoms with Gasteiger partial charge in [0.25, 0.3) is 0 Å². The minimum absolute atomic E-state index is 0.978. The monoisotopic (exact) mass is 205 g/mol. The quantitative estimate of drug-likeness (QED) is 0.743. The molecule has 0 aliphatic carbocycles. The van der Waals surface area contributed by atoms with E-state index in [1.165, 1.54) is 29.7 Å². The van der Waals surface area contributed by atoms with Gasteiger partial charge in [-0.15, -0.1) is 0 Å². The van der Waals surface area contributed by atoms with Crippen LogP contribution in [0.2, 0.25) is 0 Å². The van der Waals surface area contributed by atoms with Crippen molar-refractivity contribution in [2.24, 2.45) is 0 Å². The van der Waals surface area contributed by atoms with E-state index >= 15 is 0 Å². The Bertz CT molecular complexity index is 357. The van der Waals surface area contributed by atoms with Gasteiger partial charge in [0.1, 0.15) is 0 Å². The highest BCUT2D eigenvalue weighted by Gasteiger charge is 2.14. The molecule has 0 fully saturated rings. The number of nitrogens with one attached hydrogen (secondary N) is 1. The van der Waals surface area contributed by atoms with Crippen LogP contribution in [0.3, 0.4) is 0 Å². The highest BCUT2D eigenvalue weighted by Crippen LogP contribution is 2.26. The van der Waals surface area contributed by atoms with E-state index in [4.69, 9.17) is 12.2 Å². The molecular weight excluding hydrogens is 190 g/mol. The predicted molar refractivity (Wildman–Crippen MR) is 65.0 cm³/mol. The fraction of sp³-hybridized carbons (Fsp3) is 0.417. The van der Waals surface area contributed by atoms with E-state index in [-0.39, 0.29) is 0 Å². The molecule has 1 heterocycles. The summed E-state index contributed by atoms with van der Waals surface area (Å²) in [7, 11) is 0. The molecule has 74 valence electrons. The summed E-state index contributed by atoms with van der Waals surface area (Å²) < 4.78 is 0. The second-order valence-electron chi connectivity index (χ2n) is 3.74. The molecule has 1 aliphatic rings. The third-order valence-corrected chi connectivity index (χ3v) is 2.97. The van der Waals surface area contributed by atoms with Crippen molar-refractivity contribution in [3.05, 3.63) is 29.3 Å². The Morgan fingerprint density at radius 3 is 3.00 bits per heavy atom. The number of rotatable bonds is 2. The van der Waals surface area contributed by atoms with Gasteiger partial charge in [-0.05, 0) is 30.0 Å². The zero-order valence-electron chi connectivity index (χ0n) is 8.47. The maximum absolute atomic E-state index is 5.18. The zero-order chi connectivity index (χ0) is 9.97. The largest absolute Gasteiger partial charge is 0.350 e. The first-order chi connectivity index (χ1) is 6.81. The van der Waals surface area contributed by atoms with Crippen LogP contribution < -0.4 is 5.32 Å². The topological polar surface area (TPSA) is 12.0 Å². The summed E-state index contributed by atoms with van der Waals surface area (Å²) in [4.78, 5) is 0.978. The first kappa shape index (κ1) is 9.66.